The second kappa shape index (κ2) is 12.8. The molecule has 6 heteroatoms. The first-order valence-electron chi connectivity index (χ1n) is 14.5. The fourth-order valence-corrected chi connectivity index (χ4v) is 5.62. The van der Waals surface area contributed by atoms with E-state index in [4.69, 9.17) is 0 Å². The van der Waals surface area contributed by atoms with Crippen LogP contribution in [-0.2, 0) is 22.6 Å². The SMILES string of the molecule is CCCNC(=O)[C@@H](Cc1ccccc1)N(Cc1ccccc1C)C(=O)CCCN1C(=O)c2cccc3cccc1c23. The van der Waals surface area contributed by atoms with Crippen molar-refractivity contribution in [1.29, 1.82) is 0 Å². The highest BCUT2D eigenvalue weighted by atomic mass is 16.2. The van der Waals surface area contributed by atoms with Gasteiger partial charge in [0, 0.05) is 43.4 Å². The maximum absolute atomic E-state index is 14.0. The average Bonchev–Trinajstić information content (AvgIpc) is 3.27. The maximum atomic E-state index is 14.0. The molecule has 5 rings (SSSR count). The van der Waals surface area contributed by atoms with Gasteiger partial charge in [-0.15, -0.1) is 0 Å². The summed E-state index contributed by atoms with van der Waals surface area (Å²) in [5, 5.41) is 5.05. The number of anilines is 1. The zero-order valence-electron chi connectivity index (χ0n) is 23.8. The Balaban J connectivity index is 1.37. The fraction of sp³-hybridized carbons (Fsp3) is 0.286. The number of hydrogen-bond acceptors (Lipinski definition) is 3. The molecule has 1 atom stereocenters. The lowest BCUT2D eigenvalue weighted by Gasteiger charge is -2.32. The van der Waals surface area contributed by atoms with Crippen molar-refractivity contribution >= 4 is 34.2 Å². The molecule has 3 amide bonds. The summed E-state index contributed by atoms with van der Waals surface area (Å²) in [6, 6.07) is 28.9. The van der Waals surface area contributed by atoms with Gasteiger partial charge < -0.3 is 15.1 Å². The quantitative estimate of drug-likeness (QED) is 0.235. The van der Waals surface area contributed by atoms with Crippen LogP contribution in [0.25, 0.3) is 10.8 Å². The van der Waals surface area contributed by atoms with Crippen LogP contribution in [0.1, 0.15) is 53.2 Å². The Labute approximate surface area is 242 Å². The number of hydrogen-bond donors (Lipinski definition) is 1. The summed E-state index contributed by atoms with van der Waals surface area (Å²) in [7, 11) is 0. The number of amides is 3. The van der Waals surface area contributed by atoms with E-state index in [2.05, 4.69) is 5.32 Å². The van der Waals surface area contributed by atoms with Gasteiger partial charge in [0.1, 0.15) is 6.04 Å². The van der Waals surface area contributed by atoms with Crippen molar-refractivity contribution in [3.05, 3.63) is 113 Å². The van der Waals surface area contributed by atoms with E-state index in [1.165, 1.54) is 0 Å². The van der Waals surface area contributed by atoms with Crippen molar-refractivity contribution in [1.82, 2.24) is 10.2 Å². The lowest BCUT2D eigenvalue weighted by atomic mass is 10.0. The highest BCUT2D eigenvalue weighted by molar-refractivity contribution is 6.25. The highest BCUT2D eigenvalue weighted by Gasteiger charge is 2.32. The van der Waals surface area contributed by atoms with Crippen LogP contribution in [0.2, 0.25) is 0 Å². The van der Waals surface area contributed by atoms with Crippen molar-refractivity contribution in [3.63, 3.8) is 0 Å². The van der Waals surface area contributed by atoms with Gasteiger partial charge >= 0.3 is 0 Å². The van der Waals surface area contributed by atoms with Gasteiger partial charge in [-0.3, -0.25) is 14.4 Å². The molecule has 6 nitrogen and oxygen atoms in total. The fourth-order valence-electron chi connectivity index (χ4n) is 5.62. The first-order chi connectivity index (χ1) is 20.0. The van der Waals surface area contributed by atoms with Crippen molar-refractivity contribution in [3.8, 4) is 0 Å². The smallest absolute Gasteiger partial charge is 0.258 e. The third kappa shape index (κ3) is 6.17. The third-order valence-corrected chi connectivity index (χ3v) is 7.84. The molecule has 0 saturated carbocycles. The van der Waals surface area contributed by atoms with E-state index in [0.717, 1.165) is 39.6 Å². The lowest BCUT2D eigenvalue weighted by molar-refractivity contribution is -0.141. The Hall–Kier alpha value is -4.45. The molecule has 0 unspecified atom stereocenters. The number of aryl methyl sites for hydroxylation is 1. The van der Waals surface area contributed by atoms with Gasteiger partial charge in [0.25, 0.3) is 5.91 Å². The Morgan fingerprint density at radius 3 is 2.39 bits per heavy atom. The minimum absolute atomic E-state index is 0.0260. The molecule has 0 saturated heterocycles. The van der Waals surface area contributed by atoms with Crippen molar-refractivity contribution in [2.24, 2.45) is 0 Å². The molecule has 0 spiro atoms. The molecule has 1 heterocycles. The lowest BCUT2D eigenvalue weighted by Crippen LogP contribution is -2.50. The van der Waals surface area contributed by atoms with E-state index < -0.39 is 6.04 Å². The Bertz CT molecular complexity index is 1540. The molecule has 0 radical (unpaired) electrons. The number of nitrogens with one attached hydrogen (secondary N) is 1. The van der Waals surface area contributed by atoms with Crippen molar-refractivity contribution < 1.29 is 14.4 Å². The molecular formula is C35H37N3O3. The first-order valence-corrected chi connectivity index (χ1v) is 14.5. The summed E-state index contributed by atoms with van der Waals surface area (Å²) in [6.45, 7) is 5.37. The zero-order valence-corrected chi connectivity index (χ0v) is 23.8. The molecule has 0 bridgehead atoms. The summed E-state index contributed by atoms with van der Waals surface area (Å²) in [6.07, 6.45) is 1.96. The van der Waals surface area contributed by atoms with E-state index in [9.17, 15) is 14.4 Å². The molecule has 210 valence electrons. The minimum atomic E-state index is -0.650. The molecule has 41 heavy (non-hydrogen) atoms. The van der Waals surface area contributed by atoms with Crippen LogP contribution in [-0.4, -0.2) is 41.8 Å². The summed E-state index contributed by atoms with van der Waals surface area (Å²) in [4.78, 5) is 44.3. The molecule has 1 N–H and O–H groups in total. The van der Waals surface area contributed by atoms with Crippen molar-refractivity contribution in [2.75, 3.05) is 18.0 Å². The molecule has 0 fully saturated rings. The number of nitrogens with zero attached hydrogens (tertiary/aromatic N) is 2. The average molecular weight is 548 g/mol. The molecule has 0 aliphatic carbocycles. The van der Waals surface area contributed by atoms with Crippen LogP contribution in [0.3, 0.4) is 0 Å². The largest absolute Gasteiger partial charge is 0.354 e. The summed E-state index contributed by atoms with van der Waals surface area (Å²) in [5.74, 6) is -0.264. The topological polar surface area (TPSA) is 69.7 Å². The van der Waals surface area contributed by atoms with Crippen LogP contribution >= 0.6 is 0 Å². The third-order valence-electron chi connectivity index (χ3n) is 7.84. The van der Waals surface area contributed by atoms with E-state index in [0.29, 0.717) is 38.0 Å². The standard InChI is InChI=1S/C35H37N3O3/c1-3-21-36-34(40)31(23-26-13-5-4-6-14-26)38(24-28-15-8-7-12-25(28)2)32(39)20-11-22-37-30-19-10-17-27-16-9-18-29(33(27)30)35(37)41/h4-10,12-19,31H,3,11,20-24H2,1-2H3,(H,36,40)/t31-/m1/s1. The van der Waals surface area contributed by atoms with E-state index in [1.807, 2.05) is 105 Å². The molecule has 1 aliphatic heterocycles. The Kier molecular flexibility index (Phi) is 8.78. The van der Waals surface area contributed by atoms with Gasteiger partial charge in [0.05, 0.1) is 5.69 Å². The number of rotatable bonds is 12. The number of carbonyl (C=O) groups is 3. The van der Waals surface area contributed by atoms with Crippen LogP contribution in [0, 0.1) is 6.92 Å². The van der Waals surface area contributed by atoms with Gasteiger partial charge in [-0.2, -0.15) is 0 Å². The predicted molar refractivity (Wildman–Crippen MR) is 164 cm³/mol. The van der Waals surface area contributed by atoms with Crippen LogP contribution in [0.5, 0.6) is 0 Å². The number of carbonyl (C=O) groups excluding carboxylic acids is 3. The number of benzene rings is 4. The van der Waals surface area contributed by atoms with Crippen LogP contribution in [0.4, 0.5) is 5.69 Å². The molecule has 1 aliphatic rings. The van der Waals surface area contributed by atoms with Gasteiger partial charge in [0.15, 0.2) is 0 Å². The first kappa shape index (κ1) is 28.1. The molecule has 4 aromatic rings. The van der Waals surface area contributed by atoms with E-state index in [1.54, 1.807) is 9.80 Å². The van der Waals surface area contributed by atoms with E-state index >= 15 is 0 Å². The van der Waals surface area contributed by atoms with Gasteiger partial charge in [0.2, 0.25) is 11.8 Å². The minimum Gasteiger partial charge on any atom is -0.354 e. The monoisotopic (exact) mass is 547 g/mol. The zero-order chi connectivity index (χ0) is 28.8. The second-order valence-corrected chi connectivity index (χ2v) is 10.7. The Morgan fingerprint density at radius 1 is 0.902 bits per heavy atom. The normalized spacial score (nSPS) is 12.9. The van der Waals surface area contributed by atoms with Crippen molar-refractivity contribution in [2.45, 2.75) is 52.1 Å². The maximum Gasteiger partial charge on any atom is 0.258 e. The summed E-state index contributed by atoms with van der Waals surface area (Å²) < 4.78 is 0. The van der Waals surface area contributed by atoms with Gasteiger partial charge in [-0.05, 0) is 54.0 Å². The summed E-state index contributed by atoms with van der Waals surface area (Å²) in [5.41, 5.74) is 4.69. The Morgan fingerprint density at radius 2 is 1.63 bits per heavy atom. The second-order valence-electron chi connectivity index (χ2n) is 10.7. The molecule has 4 aromatic carbocycles. The summed E-state index contributed by atoms with van der Waals surface area (Å²) >= 11 is 0. The molecule has 0 aromatic heterocycles. The highest BCUT2D eigenvalue weighted by Crippen LogP contribution is 2.37. The van der Waals surface area contributed by atoms with Gasteiger partial charge in [-0.1, -0.05) is 85.8 Å². The van der Waals surface area contributed by atoms with Gasteiger partial charge in [-0.25, -0.2) is 0 Å². The van der Waals surface area contributed by atoms with Crippen LogP contribution in [0.15, 0.2) is 91.0 Å². The predicted octanol–water partition coefficient (Wildman–Crippen LogP) is 6.05. The van der Waals surface area contributed by atoms with E-state index in [-0.39, 0.29) is 24.1 Å². The van der Waals surface area contributed by atoms with Crippen LogP contribution < -0.4 is 10.2 Å². The molecular weight excluding hydrogens is 510 g/mol.